The quantitative estimate of drug-likeness (QED) is 0.829. The van der Waals surface area contributed by atoms with E-state index in [2.05, 4.69) is 4.72 Å². The third kappa shape index (κ3) is 3.74. The highest BCUT2D eigenvalue weighted by Crippen LogP contribution is 2.24. The average molecular weight is 306 g/mol. The average Bonchev–Trinajstić information content (AvgIpc) is 2.45. The number of hydrogen-bond donors (Lipinski definition) is 2. The third-order valence-electron chi connectivity index (χ3n) is 3.03. The molecule has 21 heavy (non-hydrogen) atoms. The Labute approximate surface area is 124 Å². The van der Waals surface area contributed by atoms with Crippen molar-refractivity contribution in [2.45, 2.75) is 18.4 Å². The van der Waals surface area contributed by atoms with Crippen LogP contribution in [0.4, 0.5) is 5.69 Å². The molecule has 0 spiro atoms. The molecule has 2 rings (SSSR count). The van der Waals surface area contributed by atoms with Crippen molar-refractivity contribution in [3.8, 4) is 5.75 Å². The molecule has 0 saturated carbocycles. The minimum Gasteiger partial charge on any atom is -0.495 e. The van der Waals surface area contributed by atoms with Gasteiger partial charge in [0.2, 0.25) is 10.0 Å². The van der Waals surface area contributed by atoms with E-state index in [1.54, 1.807) is 36.4 Å². The van der Waals surface area contributed by atoms with Crippen LogP contribution in [-0.2, 0) is 16.6 Å². The number of nitrogens with one attached hydrogen (secondary N) is 1. The second kappa shape index (κ2) is 6.15. The van der Waals surface area contributed by atoms with Gasteiger partial charge in [0.15, 0.2) is 0 Å². The molecule has 2 aromatic rings. The van der Waals surface area contributed by atoms with Crippen LogP contribution in [0.3, 0.4) is 0 Å². The molecule has 0 aromatic heterocycles. The monoisotopic (exact) mass is 306 g/mol. The Morgan fingerprint density at radius 1 is 1.19 bits per heavy atom. The molecule has 0 radical (unpaired) electrons. The summed E-state index contributed by atoms with van der Waals surface area (Å²) in [5.74, 6) is 0.320. The van der Waals surface area contributed by atoms with Gasteiger partial charge >= 0.3 is 0 Å². The molecule has 112 valence electrons. The number of hydrogen-bond acceptors (Lipinski definition) is 4. The largest absolute Gasteiger partial charge is 0.495 e. The molecular weight excluding hydrogens is 288 g/mol. The van der Waals surface area contributed by atoms with Gasteiger partial charge in [0.1, 0.15) is 10.6 Å². The third-order valence-corrected chi connectivity index (χ3v) is 4.45. The van der Waals surface area contributed by atoms with Gasteiger partial charge in [0.25, 0.3) is 0 Å². The first-order valence-electron chi connectivity index (χ1n) is 6.41. The molecule has 0 aliphatic carbocycles. The minimum atomic E-state index is -3.65. The lowest BCUT2D eigenvalue weighted by atomic mass is 10.2. The normalized spacial score (nSPS) is 11.3. The highest BCUT2D eigenvalue weighted by atomic mass is 32.2. The van der Waals surface area contributed by atoms with Crippen LogP contribution in [0.1, 0.15) is 11.1 Å². The van der Waals surface area contributed by atoms with Crippen molar-refractivity contribution in [3.05, 3.63) is 53.6 Å². The topological polar surface area (TPSA) is 81.4 Å². The van der Waals surface area contributed by atoms with E-state index >= 15 is 0 Å². The van der Waals surface area contributed by atoms with Gasteiger partial charge in [0, 0.05) is 12.2 Å². The van der Waals surface area contributed by atoms with Gasteiger partial charge in [0.05, 0.1) is 7.11 Å². The zero-order chi connectivity index (χ0) is 15.5. The lowest BCUT2D eigenvalue weighted by molar-refractivity contribution is 0.402. The van der Waals surface area contributed by atoms with Crippen molar-refractivity contribution in [2.24, 2.45) is 0 Å². The zero-order valence-electron chi connectivity index (χ0n) is 12.0. The highest BCUT2D eigenvalue weighted by molar-refractivity contribution is 7.89. The number of anilines is 1. The Hall–Kier alpha value is -2.05. The fourth-order valence-corrected chi connectivity index (χ4v) is 3.22. The van der Waals surface area contributed by atoms with Crippen LogP contribution in [0.15, 0.2) is 47.4 Å². The maximum atomic E-state index is 12.4. The van der Waals surface area contributed by atoms with Gasteiger partial charge in [-0.25, -0.2) is 13.1 Å². The first-order chi connectivity index (χ1) is 9.92. The Morgan fingerprint density at radius 3 is 2.62 bits per heavy atom. The van der Waals surface area contributed by atoms with Crippen molar-refractivity contribution < 1.29 is 13.2 Å². The summed E-state index contributed by atoms with van der Waals surface area (Å²) in [6, 6.07) is 12.1. The molecule has 2 aromatic carbocycles. The predicted octanol–water partition coefficient (Wildman–Crippen LogP) is 2.06. The van der Waals surface area contributed by atoms with E-state index in [0.717, 1.165) is 11.1 Å². The second-order valence-corrected chi connectivity index (χ2v) is 6.46. The van der Waals surface area contributed by atoms with Crippen LogP contribution in [0.5, 0.6) is 5.75 Å². The van der Waals surface area contributed by atoms with Crippen LogP contribution in [0.2, 0.25) is 0 Å². The van der Waals surface area contributed by atoms with Crippen LogP contribution in [-0.4, -0.2) is 15.5 Å². The summed E-state index contributed by atoms with van der Waals surface area (Å²) in [6.07, 6.45) is 0. The van der Waals surface area contributed by atoms with E-state index in [-0.39, 0.29) is 11.4 Å². The number of sulfonamides is 1. The van der Waals surface area contributed by atoms with E-state index in [0.29, 0.717) is 11.4 Å². The summed E-state index contributed by atoms with van der Waals surface area (Å²) in [7, 11) is -2.21. The van der Waals surface area contributed by atoms with Crippen molar-refractivity contribution in [3.63, 3.8) is 0 Å². The number of benzene rings is 2. The molecule has 0 bridgehead atoms. The number of ether oxygens (including phenoxy) is 1. The van der Waals surface area contributed by atoms with E-state index in [1.807, 2.05) is 13.0 Å². The van der Waals surface area contributed by atoms with E-state index in [4.69, 9.17) is 10.5 Å². The van der Waals surface area contributed by atoms with Gasteiger partial charge in [-0.05, 0) is 42.3 Å². The molecule has 0 atom stereocenters. The maximum absolute atomic E-state index is 12.4. The smallest absolute Gasteiger partial charge is 0.244 e. The first-order valence-corrected chi connectivity index (χ1v) is 7.89. The van der Waals surface area contributed by atoms with Crippen LogP contribution in [0, 0.1) is 6.92 Å². The maximum Gasteiger partial charge on any atom is 0.244 e. The fourth-order valence-electron chi connectivity index (χ4n) is 1.95. The fraction of sp³-hybridized carbons (Fsp3) is 0.200. The molecule has 0 saturated heterocycles. The van der Waals surface area contributed by atoms with Gasteiger partial charge in [-0.3, -0.25) is 0 Å². The van der Waals surface area contributed by atoms with Crippen molar-refractivity contribution in [1.29, 1.82) is 0 Å². The molecule has 6 heteroatoms. The van der Waals surface area contributed by atoms with Gasteiger partial charge in [-0.1, -0.05) is 18.2 Å². The number of nitrogen functional groups attached to an aromatic ring is 1. The van der Waals surface area contributed by atoms with Gasteiger partial charge < -0.3 is 10.5 Å². The Balaban J connectivity index is 2.24. The van der Waals surface area contributed by atoms with Crippen LogP contribution in [0.25, 0.3) is 0 Å². The molecule has 0 heterocycles. The molecule has 0 fully saturated rings. The summed E-state index contributed by atoms with van der Waals surface area (Å²) in [4.78, 5) is 0.133. The number of nitrogens with two attached hydrogens (primary N) is 1. The molecule has 5 nitrogen and oxygen atoms in total. The summed E-state index contributed by atoms with van der Waals surface area (Å²) < 4.78 is 32.5. The van der Waals surface area contributed by atoms with Gasteiger partial charge in [-0.15, -0.1) is 0 Å². The Morgan fingerprint density at radius 2 is 1.95 bits per heavy atom. The van der Waals surface area contributed by atoms with Crippen molar-refractivity contribution in [1.82, 2.24) is 4.72 Å². The molecule has 0 unspecified atom stereocenters. The second-order valence-electron chi connectivity index (χ2n) is 4.72. The predicted molar refractivity (Wildman–Crippen MR) is 82.6 cm³/mol. The molecule has 0 amide bonds. The van der Waals surface area contributed by atoms with Crippen LogP contribution >= 0.6 is 0 Å². The van der Waals surface area contributed by atoms with Gasteiger partial charge in [-0.2, -0.15) is 0 Å². The van der Waals surface area contributed by atoms with Crippen molar-refractivity contribution in [2.75, 3.05) is 12.8 Å². The van der Waals surface area contributed by atoms with E-state index < -0.39 is 10.0 Å². The van der Waals surface area contributed by atoms with E-state index in [9.17, 15) is 8.42 Å². The summed E-state index contributed by atoms with van der Waals surface area (Å²) >= 11 is 0. The Kier molecular flexibility index (Phi) is 4.50. The van der Waals surface area contributed by atoms with Crippen LogP contribution < -0.4 is 15.2 Å². The SMILES string of the molecule is COc1ccc(C)cc1S(=O)(=O)NCc1cccc(N)c1. The first kappa shape index (κ1) is 15.3. The zero-order valence-corrected chi connectivity index (χ0v) is 12.8. The van der Waals surface area contributed by atoms with E-state index in [1.165, 1.54) is 7.11 Å². The number of rotatable bonds is 5. The number of aryl methyl sites for hydroxylation is 1. The highest BCUT2D eigenvalue weighted by Gasteiger charge is 2.19. The minimum absolute atomic E-state index is 0.133. The van der Waals surface area contributed by atoms with Crippen molar-refractivity contribution >= 4 is 15.7 Å². The molecule has 3 N–H and O–H groups in total. The molecule has 0 aliphatic heterocycles. The molecule has 0 aliphatic rings. The summed E-state index contributed by atoms with van der Waals surface area (Å²) in [5.41, 5.74) is 7.92. The lowest BCUT2D eigenvalue weighted by Crippen LogP contribution is -2.24. The Bertz CT molecular complexity index is 742. The lowest BCUT2D eigenvalue weighted by Gasteiger charge is -2.11. The standard InChI is InChI=1S/C15H18N2O3S/c1-11-6-7-14(20-2)15(8-11)21(18,19)17-10-12-4-3-5-13(16)9-12/h3-9,17H,10,16H2,1-2H3. The number of methoxy groups -OCH3 is 1. The molecular formula is C15H18N2O3S. The summed E-state index contributed by atoms with van der Waals surface area (Å²) in [6.45, 7) is 2.00. The summed E-state index contributed by atoms with van der Waals surface area (Å²) in [5, 5.41) is 0.